The van der Waals surface area contributed by atoms with Gasteiger partial charge in [0, 0.05) is 17.0 Å². The number of halogens is 1. The molecule has 156 valence electrons. The van der Waals surface area contributed by atoms with E-state index in [1.165, 1.54) is 20.4 Å². The van der Waals surface area contributed by atoms with Gasteiger partial charge in [-0.05, 0) is 49.2 Å². The SMILES string of the molecule is COc1ccc(/C=N/NC(=O)CCCOc2ccc(Cl)cc2C)c(OC)c1OC. The molecule has 0 fully saturated rings. The van der Waals surface area contributed by atoms with Crippen LogP contribution in [0.1, 0.15) is 24.0 Å². The summed E-state index contributed by atoms with van der Waals surface area (Å²) in [6.45, 7) is 2.34. The molecule has 0 aliphatic carbocycles. The van der Waals surface area contributed by atoms with Gasteiger partial charge in [0.05, 0.1) is 34.2 Å². The second kappa shape index (κ2) is 11.2. The zero-order chi connectivity index (χ0) is 21.2. The van der Waals surface area contributed by atoms with Gasteiger partial charge in [-0.3, -0.25) is 4.79 Å². The van der Waals surface area contributed by atoms with Crippen LogP contribution in [-0.4, -0.2) is 40.1 Å². The molecular weight excluding hydrogens is 396 g/mol. The molecule has 8 heteroatoms. The van der Waals surface area contributed by atoms with E-state index in [2.05, 4.69) is 10.5 Å². The van der Waals surface area contributed by atoms with E-state index in [1.54, 1.807) is 25.3 Å². The van der Waals surface area contributed by atoms with Crippen LogP contribution in [0.15, 0.2) is 35.4 Å². The smallest absolute Gasteiger partial charge is 0.240 e. The van der Waals surface area contributed by atoms with Gasteiger partial charge in [-0.2, -0.15) is 5.10 Å². The fraction of sp³-hybridized carbons (Fsp3) is 0.333. The molecule has 0 saturated carbocycles. The van der Waals surface area contributed by atoms with Gasteiger partial charge in [-0.1, -0.05) is 11.6 Å². The standard InChI is InChI=1S/C21H25ClN2O5/c1-14-12-16(22)8-10-17(14)29-11-5-6-19(25)24-23-13-15-7-9-18(26-2)21(28-4)20(15)27-3/h7-10,12-13H,5-6,11H2,1-4H3,(H,24,25)/b23-13+. The number of ether oxygens (including phenoxy) is 4. The van der Waals surface area contributed by atoms with E-state index in [4.69, 9.17) is 30.5 Å². The molecule has 1 amide bonds. The molecule has 0 bridgehead atoms. The third kappa shape index (κ3) is 6.29. The van der Waals surface area contributed by atoms with Crippen molar-refractivity contribution in [1.29, 1.82) is 0 Å². The zero-order valence-electron chi connectivity index (χ0n) is 17.0. The second-order valence-electron chi connectivity index (χ2n) is 6.08. The number of hydrogen-bond acceptors (Lipinski definition) is 6. The maximum Gasteiger partial charge on any atom is 0.240 e. The van der Waals surface area contributed by atoms with E-state index in [9.17, 15) is 4.79 Å². The molecule has 0 aromatic heterocycles. The molecule has 7 nitrogen and oxygen atoms in total. The maximum atomic E-state index is 12.0. The average Bonchev–Trinajstić information content (AvgIpc) is 2.71. The number of nitrogens with one attached hydrogen (secondary N) is 1. The van der Waals surface area contributed by atoms with Gasteiger partial charge in [0.1, 0.15) is 5.75 Å². The molecule has 0 aliphatic rings. The molecule has 0 saturated heterocycles. The number of methoxy groups -OCH3 is 3. The topological polar surface area (TPSA) is 78.4 Å². The molecule has 0 spiro atoms. The Hall–Kier alpha value is -2.93. The Morgan fingerprint density at radius 3 is 2.45 bits per heavy atom. The van der Waals surface area contributed by atoms with Gasteiger partial charge < -0.3 is 18.9 Å². The second-order valence-corrected chi connectivity index (χ2v) is 6.51. The molecule has 2 aromatic rings. The Kier molecular flexibility index (Phi) is 8.61. The highest BCUT2D eigenvalue weighted by atomic mass is 35.5. The van der Waals surface area contributed by atoms with Crippen LogP contribution in [0, 0.1) is 6.92 Å². The molecule has 0 radical (unpaired) electrons. The van der Waals surface area contributed by atoms with E-state index in [-0.39, 0.29) is 12.3 Å². The van der Waals surface area contributed by atoms with Gasteiger partial charge in [0.2, 0.25) is 11.7 Å². The number of carbonyl (C=O) groups is 1. The quantitative estimate of drug-likeness (QED) is 0.357. The Morgan fingerprint density at radius 1 is 1.07 bits per heavy atom. The molecule has 29 heavy (non-hydrogen) atoms. The first-order chi connectivity index (χ1) is 14.0. The van der Waals surface area contributed by atoms with Crippen LogP contribution in [0.5, 0.6) is 23.0 Å². The van der Waals surface area contributed by atoms with E-state index in [1.807, 2.05) is 19.1 Å². The molecular formula is C21H25ClN2O5. The predicted octanol–water partition coefficient (Wildman–Crippen LogP) is 3.98. The van der Waals surface area contributed by atoms with Gasteiger partial charge in [-0.25, -0.2) is 5.43 Å². The van der Waals surface area contributed by atoms with Crippen molar-refractivity contribution >= 4 is 23.7 Å². The van der Waals surface area contributed by atoms with Crippen molar-refractivity contribution in [3.8, 4) is 23.0 Å². The van der Waals surface area contributed by atoms with Crippen molar-refractivity contribution in [3.05, 3.63) is 46.5 Å². The number of hydrazone groups is 1. The van der Waals surface area contributed by atoms with Gasteiger partial charge in [0.15, 0.2) is 11.5 Å². The van der Waals surface area contributed by atoms with Crippen molar-refractivity contribution < 1.29 is 23.7 Å². The summed E-state index contributed by atoms with van der Waals surface area (Å²) in [6.07, 6.45) is 2.34. The van der Waals surface area contributed by atoms with Crippen molar-refractivity contribution in [3.63, 3.8) is 0 Å². The third-order valence-corrected chi connectivity index (χ3v) is 4.31. The summed E-state index contributed by atoms with van der Waals surface area (Å²) in [5.41, 5.74) is 4.10. The molecule has 2 rings (SSSR count). The Balaban J connectivity index is 1.83. The lowest BCUT2D eigenvalue weighted by atomic mass is 10.2. The number of benzene rings is 2. The third-order valence-electron chi connectivity index (χ3n) is 4.07. The van der Waals surface area contributed by atoms with Crippen LogP contribution in [0.3, 0.4) is 0 Å². The molecule has 0 atom stereocenters. The number of rotatable bonds is 10. The largest absolute Gasteiger partial charge is 0.493 e. The number of hydrogen-bond donors (Lipinski definition) is 1. The summed E-state index contributed by atoms with van der Waals surface area (Å²) < 4.78 is 21.6. The average molecular weight is 421 g/mol. The van der Waals surface area contributed by atoms with Crippen LogP contribution in [0.25, 0.3) is 0 Å². The van der Waals surface area contributed by atoms with Crippen molar-refractivity contribution in [2.45, 2.75) is 19.8 Å². The Labute approximate surface area is 175 Å². The van der Waals surface area contributed by atoms with E-state index >= 15 is 0 Å². The molecule has 0 aliphatic heterocycles. The van der Waals surface area contributed by atoms with Crippen LogP contribution >= 0.6 is 11.6 Å². The first kappa shape index (κ1) is 22.4. The fourth-order valence-corrected chi connectivity index (χ4v) is 2.87. The highest BCUT2D eigenvalue weighted by Gasteiger charge is 2.14. The van der Waals surface area contributed by atoms with Crippen molar-refractivity contribution in [2.75, 3.05) is 27.9 Å². The molecule has 0 unspecified atom stereocenters. The molecule has 1 N–H and O–H groups in total. The van der Waals surface area contributed by atoms with Crippen molar-refractivity contribution in [2.24, 2.45) is 5.10 Å². The molecule has 2 aromatic carbocycles. The number of aryl methyl sites for hydroxylation is 1. The monoisotopic (exact) mass is 420 g/mol. The van der Waals surface area contributed by atoms with E-state index in [0.717, 1.165) is 11.3 Å². The summed E-state index contributed by atoms with van der Waals surface area (Å²) in [7, 11) is 4.59. The van der Waals surface area contributed by atoms with E-state index < -0.39 is 0 Å². The van der Waals surface area contributed by atoms with Crippen LogP contribution in [0.2, 0.25) is 5.02 Å². The minimum atomic E-state index is -0.211. The highest BCUT2D eigenvalue weighted by molar-refractivity contribution is 6.30. The minimum absolute atomic E-state index is 0.211. The van der Waals surface area contributed by atoms with Crippen molar-refractivity contribution in [1.82, 2.24) is 5.43 Å². The number of nitrogens with zero attached hydrogens (tertiary/aromatic N) is 1. The summed E-state index contributed by atoms with van der Waals surface area (Å²) >= 11 is 5.92. The summed E-state index contributed by atoms with van der Waals surface area (Å²) in [4.78, 5) is 12.0. The maximum absolute atomic E-state index is 12.0. The zero-order valence-corrected chi connectivity index (χ0v) is 17.7. The minimum Gasteiger partial charge on any atom is -0.493 e. The first-order valence-electron chi connectivity index (χ1n) is 9.00. The van der Waals surface area contributed by atoms with Crippen LogP contribution < -0.4 is 24.4 Å². The normalized spacial score (nSPS) is 10.7. The summed E-state index contributed by atoms with van der Waals surface area (Å²) in [5, 5.41) is 4.65. The van der Waals surface area contributed by atoms with Gasteiger partial charge in [0.25, 0.3) is 0 Å². The predicted molar refractivity (Wildman–Crippen MR) is 113 cm³/mol. The Morgan fingerprint density at radius 2 is 1.79 bits per heavy atom. The Bertz CT molecular complexity index is 870. The summed E-state index contributed by atoms with van der Waals surface area (Å²) in [5.74, 6) is 2.02. The fourth-order valence-electron chi connectivity index (χ4n) is 2.65. The number of carbonyl (C=O) groups excluding carboxylic acids is 1. The lowest BCUT2D eigenvalue weighted by Crippen LogP contribution is -2.18. The van der Waals surface area contributed by atoms with E-state index in [0.29, 0.717) is 40.9 Å². The molecule has 0 heterocycles. The lowest BCUT2D eigenvalue weighted by molar-refractivity contribution is -0.121. The van der Waals surface area contributed by atoms with Gasteiger partial charge in [-0.15, -0.1) is 0 Å². The number of amides is 1. The van der Waals surface area contributed by atoms with Gasteiger partial charge >= 0.3 is 0 Å². The summed E-state index contributed by atoms with van der Waals surface area (Å²) in [6, 6.07) is 8.92. The van der Waals surface area contributed by atoms with Crippen LogP contribution in [-0.2, 0) is 4.79 Å². The highest BCUT2D eigenvalue weighted by Crippen LogP contribution is 2.38. The first-order valence-corrected chi connectivity index (χ1v) is 9.37. The van der Waals surface area contributed by atoms with Crippen LogP contribution in [0.4, 0.5) is 0 Å². The lowest BCUT2D eigenvalue weighted by Gasteiger charge is -2.13.